The Morgan fingerprint density at radius 2 is 1.95 bits per heavy atom. The topological polar surface area (TPSA) is 95.5 Å². The Kier molecular flexibility index (Phi) is 4.92. The zero-order valence-electron chi connectivity index (χ0n) is 11.5. The molecule has 1 aromatic rings. The summed E-state index contributed by atoms with van der Waals surface area (Å²) >= 11 is 0. The van der Waals surface area contributed by atoms with Gasteiger partial charge in [-0.2, -0.15) is 0 Å². The molecule has 1 saturated heterocycles. The van der Waals surface area contributed by atoms with E-state index >= 15 is 0 Å². The molecule has 2 amide bonds. The van der Waals surface area contributed by atoms with Crippen molar-refractivity contribution in [1.29, 1.82) is 0 Å². The van der Waals surface area contributed by atoms with Crippen LogP contribution < -0.4 is 10.6 Å². The van der Waals surface area contributed by atoms with Crippen molar-refractivity contribution in [1.82, 2.24) is 10.6 Å². The molecular formula is C15H18N2O4. The number of carboxylic acid groups (broad SMARTS) is 1. The Balaban J connectivity index is 2.08. The Morgan fingerprint density at radius 1 is 1.24 bits per heavy atom. The molecule has 112 valence electrons. The maximum Gasteiger partial charge on any atom is 0.330 e. The Hall–Kier alpha value is -2.37. The van der Waals surface area contributed by atoms with E-state index in [2.05, 4.69) is 10.6 Å². The highest BCUT2D eigenvalue weighted by atomic mass is 16.4. The van der Waals surface area contributed by atoms with E-state index in [1.165, 1.54) is 0 Å². The van der Waals surface area contributed by atoms with Crippen LogP contribution in [0.5, 0.6) is 0 Å². The lowest BCUT2D eigenvalue weighted by Crippen LogP contribution is -2.48. The van der Waals surface area contributed by atoms with Crippen LogP contribution in [0.4, 0.5) is 0 Å². The van der Waals surface area contributed by atoms with Gasteiger partial charge in [0.05, 0.1) is 0 Å². The smallest absolute Gasteiger partial charge is 0.330 e. The fraction of sp³-hybridized carbons (Fsp3) is 0.400. The standard InChI is InChI=1S/C15H18N2O4/c18-12-9-5-4-8-11(16-12)14(19)17-13(15(20)21)10-6-2-1-3-7-10/h1-3,6-7,11,13H,4-5,8-9H2,(H,16,18)(H,17,19)(H,20,21)/t11?,13-/m1/s1. The van der Waals surface area contributed by atoms with E-state index in [1.54, 1.807) is 30.3 Å². The van der Waals surface area contributed by atoms with Crippen LogP contribution in [0.15, 0.2) is 30.3 Å². The summed E-state index contributed by atoms with van der Waals surface area (Å²) in [6.07, 6.45) is 2.44. The summed E-state index contributed by atoms with van der Waals surface area (Å²) in [5, 5.41) is 14.4. The number of aliphatic carboxylic acids is 1. The maximum absolute atomic E-state index is 12.2. The summed E-state index contributed by atoms with van der Waals surface area (Å²) in [6, 6.07) is 6.71. The van der Waals surface area contributed by atoms with Crippen LogP contribution in [0.1, 0.15) is 37.3 Å². The summed E-state index contributed by atoms with van der Waals surface area (Å²) in [6.45, 7) is 0. The molecule has 21 heavy (non-hydrogen) atoms. The highest BCUT2D eigenvalue weighted by molar-refractivity contribution is 5.91. The van der Waals surface area contributed by atoms with E-state index in [-0.39, 0.29) is 5.91 Å². The summed E-state index contributed by atoms with van der Waals surface area (Å²) in [5.74, 6) is -1.75. The van der Waals surface area contributed by atoms with E-state index in [9.17, 15) is 19.5 Å². The quantitative estimate of drug-likeness (QED) is 0.770. The van der Waals surface area contributed by atoms with Gasteiger partial charge in [0.15, 0.2) is 6.04 Å². The predicted octanol–water partition coefficient (Wildman–Crippen LogP) is 0.987. The summed E-state index contributed by atoms with van der Waals surface area (Å²) in [4.78, 5) is 35.0. The van der Waals surface area contributed by atoms with Crippen molar-refractivity contribution in [3.8, 4) is 0 Å². The molecule has 6 heteroatoms. The van der Waals surface area contributed by atoms with Crippen LogP contribution in [-0.4, -0.2) is 28.9 Å². The van der Waals surface area contributed by atoms with Gasteiger partial charge in [0, 0.05) is 6.42 Å². The van der Waals surface area contributed by atoms with E-state index in [0.717, 1.165) is 12.8 Å². The first-order chi connectivity index (χ1) is 10.1. The van der Waals surface area contributed by atoms with Crippen molar-refractivity contribution in [2.24, 2.45) is 0 Å². The van der Waals surface area contributed by atoms with Gasteiger partial charge >= 0.3 is 5.97 Å². The van der Waals surface area contributed by atoms with E-state index in [4.69, 9.17) is 0 Å². The second-order valence-corrected chi connectivity index (χ2v) is 5.06. The first kappa shape index (κ1) is 15.0. The fourth-order valence-corrected chi connectivity index (χ4v) is 2.35. The number of carbonyl (C=O) groups excluding carboxylic acids is 2. The summed E-state index contributed by atoms with van der Waals surface area (Å²) < 4.78 is 0. The molecule has 2 atom stereocenters. The Bertz CT molecular complexity index is 530. The third kappa shape index (κ3) is 4.05. The second kappa shape index (κ2) is 6.88. The third-order valence-electron chi connectivity index (χ3n) is 3.46. The van der Waals surface area contributed by atoms with Gasteiger partial charge in [-0.15, -0.1) is 0 Å². The fourth-order valence-electron chi connectivity index (χ4n) is 2.35. The van der Waals surface area contributed by atoms with Gasteiger partial charge in [0.25, 0.3) is 0 Å². The number of hydrogen-bond acceptors (Lipinski definition) is 3. The van der Waals surface area contributed by atoms with Gasteiger partial charge in [-0.3, -0.25) is 9.59 Å². The van der Waals surface area contributed by atoms with Crippen molar-refractivity contribution >= 4 is 17.8 Å². The first-order valence-corrected chi connectivity index (χ1v) is 6.95. The van der Waals surface area contributed by atoms with Gasteiger partial charge in [0.1, 0.15) is 6.04 Å². The molecular weight excluding hydrogens is 272 g/mol. The van der Waals surface area contributed by atoms with Crippen molar-refractivity contribution in [3.05, 3.63) is 35.9 Å². The molecule has 1 heterocycles. The normalized spacial score (nSPS) is 20.0. The molecule has 0 radical (unpaired) electrons. The van der Waals surface area contributed by atoms with E-state index in [0.29, 0.717) is 18.4 Å². The zero-order valence-corrected chi connectivity index (χ0v) is 11.5. The molecule has 2 rings (SSSR count). The lowest BCUT2D eigenvalue weighted by atomic mass is 10.1. The van der Waals surface area contributed by atoms with Gasteiger partial charge in [-0.25, -0.2) is 4.79 Å². The second-order valence-electron chi connectivity index (χ2n) is 5.06. The highest BCUT2D eigenvalue weighted by Crippen LogP contribution is 2.15. The van der Waals surface area contributed by atoms with Gasteiger partial charge in [-0.05, 0) is 18.4 Å². The predicted molar refractivity (Wildman–Crippen MR) is 75.4 cm³/mol. The lowest BCUT2D eigenvalue weighted by Gasteiger charge is -2.20. The van der Waals surface area contributed by atoms with Crippen molar-refractivity contribution in [2.75, 3.05) is 0 Å². The average molecular weight is 290 g/mol. The molecule has 1 aliphatic heterocycles. The monoisotopic (exact) mass is 290 g/mol. The molecule has 3 N–H and O–H groups in total. The van der Waals surface area contributed by atoms with E-state index in [1.807, 2.05) is 0 Å². The molecule has 0 saturated carbocycles. The van der Waals surface area contributed by atoms with Crippen LogP contribution in [0.3, 0.4) is 0 Å². The molecule has 0 spiro atoms. The minimum atomic E-state index is -1.13. The summed E-state index contributed by atoms with van der Waals surface area (Å²) in [7, 11) is 0. The minimum Gasteiger partial charge on any atom is -0.479 e. The lowest BCUT2D eigenvalue weighted by molar-refractivity contribution is -0.142. The maximum atomic E-state index is 12.2. The molecule has 1 aliphatic rings. The molecule has 6 nitrogen and oxygen atoms in total. The van der Waals surface area contributed by atoms with E-state index < -0.39 is 24.0 Å². The number of rotatable bonds is 4. The summed E-state index contributed by atoms with van der Waals surface area (Å²) in [5.41, 5.74) is 0.498. The number of carboxylic acids is 1. The number of carbonyl (C=O) groups is 3. The third-order valence-corrected chi connectivity index (χ3v) is 3.46. The average Bonchev–Trinajstić information content (AvgIpc) is 2.69. The van der Waals surface area contributed by atoms with Gasteiger partial charge in [0.2, 0.25) is 11.8 Å². The van der Waals surface area contributed by atoms with Gasteiger partial charge < -0.3 is 15.7 Å². The SMILES string of the molecule is O=C1CCCCC(C(=O)N[C@@H](C(=O)O)c2ccccc2)N1. The Labute approximate surface area is 122 Å². The number of benzene rings is 1. The number of hydrogen-bond donors (Lipinski definition) is 3. The van der Waals surface area contributed by atoms with Crippen LogP contribution in [0.25, 0.3) is 0 Å². The van der Waals surface area contributed by atoms with Crippen LogP contribution in [-0.2, 0) is 14.4 Å². The molecule has 1 unspecified atom stereocenters. The van der Waals surface area contributed by atoms with Crippen LogP contribution in [0.2, 0.25) is 0 Å². The molecule has 1 aromatic carbocycles. The largest absolute Gasteiger partial charge is 0.479 e. The van der Waals surface area contributed by atoms with Crippen molar-refractivity contribution in [2.45, 2.75) is 37.8 Å². The molecule has 0 bridgehead atoms. The molecule has 1 fully saturated rings. The van der Waals surface area contributed by atoms with Gasteiger partial charge in [-0.1, -0.05) is 36.8 Å². The number of nitrogens with one attached hydrogen (secondary N) is 2. The zero-order chi connectivity index (χ0) is 15.2. The first-order valence-electron chi connectivity index (χ1n) is 6.95. The molecule has 0 aliphatic carbocycles. The van der Waals surface area contributed by atoms with Crippen LogP contribution in [0, 0.1) is 0 Å². The Morgan fingerprint density at radius 3 is 2.62 bits per heavy atom. The van der Waals surface area contributed by atoms with Crippen molar-refractivity contribution < 1.29 is 19.5 Å². The van der Waals surface area contributed by atoms with Crippen LogP contribution >= 0.6 is 0 Å². The minimum absolute atomic E-state index is 0.167. The highest BCUT2D eigenvalue weighted by Gasteiger charge is 2.28. The molecule has 0 aromatic heterocycles. The number of amides is 2. The van der Waals surface area contributed by atoms with Crippen molar-refractivity contribution in [3.63, 3.8) is 0 Å².